The van der Waals surface area contributed by atoms with Gasteiger partial charge >= 0.3 is 0 Å². The summed E-state index contributed by atoms with van der Waals surface area (Å²) in [7, 11) is 4.21. The Labute approximate surface area is 205 Å². The van der Waals surface area contributed by atoms with Crippen LogP contribution in [0.3, 0.4) is 0 Å². The van der Waals surface area contributed by atoms with Gasteiger partial charge in [0, 0.05) is 50.7 Å². The van der Waals surface area contributed by atoms with Gasteiger partial charge in [0.2, 0.25) is 0 Å². The van der Waals surface area contributed by atoms with Crippen molar-refractivity contribution < 1.29 is 4.74 Å². The summed E-state index contributed by atoms with van der Waals surface area (Å²) in [4.78, 5) is 4.81. The van der Waals surface area contributed by atoms with E-state index in [0.717, 1.165) is 57.9 Å². The van der Waals surface area contributed by atoms with E-state index in [1.165, 1.54) is 16.7 Å². The summed E-state index contributed by atoms with van der Waals surface area (Å²) in [6, 6.07) is 30.3. The first kappa shape index (κ1) is 24.5. The summed E-state index contributed by atoms with van der Waals surface area (Å²) in [5.41, 5.74) is 4.03. The maximum absolute atomic E-state index is 6.51. The molecule has 0 amide bonds. The molecule has 3 aromatic rings. The van der Waals surface area contributed by atoms with E-state index in [2.05, 4.69) is 114 Å². The molecule has 180 valence electrons. The van der Waals surface area contributed by atoms with Crippen LogP contribution in [-0.4, -0.2) is 62.7 Å². The number of ether oxygens (including phenoxy) is 1. The van der Waals surface area contributed by atoms with Gasteiger partial charge in [-0.05, 0) is 44.1 Å². The minimum absolute atomic E-state index is 0.283. The zero-order valence-corrected chi connectivity index (χ0v) is 20.7. The molecule has 1 aliphatic rings. The fourth-order valence-electron chi connectivity index (χ4n) is 4.71. The molecule has 0 unspecified atom stereocenters. The van der Waals surface area contributed by atoms with Crippen molar-refractivity contribution >= 4 is 0 Å². The lowest BCUT2D eigenvalue weighted by molar-refractivity contribution is 0.0979. The smallest absolute Gasteiger partial charge is 0.124 e. The van der Waals surface area contributed by atoms with Gasteiger partial charge in [-0.3, -0.25) is 0 Å². The van der Waals surface area contributed by atoms with Crippen LogP contribution in [0.5, 0.6) is 5.75 Å². The van der Waals surface area contributed by atoms with Gasteiger partial charge in [0.1, 0.15) is 11.9 Å². The monoisotopic (exact) mass is 457 g/mol. The van der Waals surface area contributed by atoms with E-state index < -0.39 is 0 Å². The molecule has 3 aromatic carbocycles. The summed E-state index contributed by atoms with van der Waals surface area (Å²) in [6.45, 7) is 6.05. The van der Waals surface area contributed by atoms with Crippen molar-refractivity contribution in [3.63, 3.8) is 0 Å². The molecule has 0 bridgehead atoms. The van der Waals surface area contributed by atoms with Gasteiger partial charge in [-0.1, -0.05) is 78.9 Å². The fourth-order valence-corrected chi connectivity index (χ4v) is 4.71. The Bertz CT molecular complexity index is 929. The third-order valence-electron chi connectivity index (χ3n) is 6.70. The lowest BCUT2D eigenvalue weighted by atomic mass is 9.90. The standard InChI is InChI=1S/C30H39N3O/c1-32(2)22-19-31-23-27-15-9-10-16-30(27)34-28-17-20-33(21-18-28)24-29(25-11-5-3-6-12-25)26-13-7-4-8-14-26/h3-16,28-29,31H,17-24H2,1-2H3. The summed E-state index contributed by atoms with van der Waals surface area (Å²) in [5, 5.41) is 3.54. The largest absolute Gasteiger partial charge is 0.490 e. The van der Waals surface area contributed by atoms with Crippen LogP contribution in [0.4, 0.5) is 0 Å². The Morgan fingerprint density at radius 1 is 0.853 bits per heavy atom. The Morgan fingerprint density at radius 3 is 2.06 bits per heavy atom. The third kappa shape index (κ3) is 7.17. The van der Waals surface area contributed by atoms with E-state index >= 15 is 0 Å². The average molecular weight is 458 g/mol. The quantitative estimate of drug-likeness (QED) is 0.410. The molecule has 34 heavy (non-hydrogen) atoms. The SMILES string of the molecule is CN(C)CCNCc1ccccc1OC1CCN(CC(c2ccccc2)c2ccccc2)CC1. The highest BCUT2D eigenvalue weighted by Gasteiger charge is 2.24. The Kier molecular flexibility index (Phi) is 9.14. The topological polar surface area (TPSA) is 27.7 Å². The maximum atomic E-state index is 6.51. The maximum Gasteiger partial charge on any atom is 0.124 e. The zero-order chi connectivity index (χ0) is 23.6. The number of likely N-dealkylation sites (tertiary alicyclic amines) is 1. The van der Waals surface area contributed by atoms with Gasteiger partial charge in [-0.25, -0.2) is 0 Å². The van der Waals surface area contributed by atoms with Crippen molar-refractivity contribution in [3.05, 3.63) is 102 Å². The van der Waals surface area contributed by atoms with Crippen LogP contribution in [0.2, 0.25) is 0 Å². The number of nitrogens with one attached hydrogen (secondary N) is 1. The highest BCUT2D eigenvalue weighted by atomic mass is 16.5. The molecule has 1 N–H and O–H groups in total. The first-order valence-corrected chi connectivity index (χ1v) is 12.6. The lowest BCUT2D eigenvalue weighted by Gasteiger charge is -2.35. The van der Waals surface area contributed by atoms with Gasteiger partial charge in [0.05, 0.1) is 0 Å². The molecule has 0 aliphatic carbocycles. The summed E-state index contributed by atoms with van der Waals surface area (Å²) < 4.78 is 6.51. The minimum Gasteiger partial charge on any atom is -0.490 e. The van der Waals surface area contributed by atoms with Crippen molar-refractivity contribution in [1.82, 2.24) is 15.1 Å². The number of piperidine rings is 1. The molecule has 4 rings (SSSR count). The van der Waals surface area contributed by atoms with E-state index in [1.807, 2.05) is 0 Å². The van der Waals surface area contributed by atoms with Crippen LogP contribution in [0.1, 0.15) is 35.4 Å². The van der Waals surface area contributed by atoms with Crippen LogP contribution < -0.4 is 10.1 Å². The van der Waals surface area contributed by atoms with E-state index in [4.69, 9.17) is 4.74 Å². The number of likely N-dealkylation sites (N-methyl/N-ethyl adjacent to an activating group) is 1. The predicted octanol–water partition coefficient (Wildman–Crippen LogP) is 5.01. The minimum atomic E-state index is 0.283. The van der Waals surface area contributed by atoms with Crippen LogP contribution in [-0.2, 0) is 6.54 Å². The Morgan fingerprint density at radius 2 is 1.44 bits per heavy atom. The number of rotatable bonds is 11. The van der Waals surface area contributed by atoms with E-state index in [-0.39, 0.29) is 6.10 Å². The van der Waals surface area contributed by atoms with Crippen molar-refractivity contribution in [2.45, 2.75) is 31.4 Å². The molecular formula is C30H39N3O. The second-order valence-corrected chi connectivity index (χ2v) is 9.58. The first-order chi connectivity index (χ1) is 16.7. The number of benzene rings is 3. The third-order valence-corrected chi connectivity index (χ3v) is 6.70. The second kappa shape index (κ2) is 12.7. The summed E-state index contributed by atoms with van der Waals surface area (Å²) >= 11 is 0. The van der Waals surface area contributed by atoms with Gasteiger partial charge in [0.25, 0.3) is 0 Å². The average Bonchev–Trinajstić information content (AvgIpc) is 2.88. The molecule has 0 radical (unpaired) electrons. The van der Waals surface area contributed by atoms with E-state index in [0.29, 0.717) is 5.92 Å². The predicted molar refractivity (Wildman–Crippen MR) is 142 cm³/mol. The molecule has 1 heterocycles. The van der Waals surface area contributed by atoms with Crippen molar-refractivity contribution in [2.24, 2.45) is 0 Å². The second-order valence-electron chi connectivity index (χ2n) is 9.58. The normalized spacial score (nSPS) is 15.2. The fraction of sp³-hybridized carbons (Fsp3) is 0.400. The molecule has 1 aliphatic heterocycles. The van der Waals surface area contributed by atoms with E-state index in [1.54, 1.807) is 0 Å². The van der Waals surface area contributed by atoms with Crippen LogP contribution in [0.15, 0.2) is 84.9 Å². The highest BCUT2D eigenvalue weighted by molar-refractivity contribution is 5.34. The Balaban J connectivity index is 1.32. The van der Waals surface area contributed by atoms with Crippen LogP contribution >= 0.6 is 0 Å². The first-order valence-electron chi connectivity index (χ1n) is 12.6. The zero-order valence-electron chi connectivity index (χ0n) is 20.7. The number of nitrogens with zero attached hydrogens (tertiary/aromatic N) is 2. The number of hydrogen-bond donors (Lipinski definition) is 1. The molecule has 0 aromatic heterocycles. The highest BCUT2D eigenvalue weighted by Crippen LogP contribution is 2.28. The Hall–Kier alpha value is -2.66. The molecule has 1 saturated heterocycles. The van der Waals surface area contributed by atoms with Crippen LogP contribution in [0, 0.1) is 0 Å². The van der Waals surface area contributed by atoms with Gasteiger partial charge < -0.3 is 19.9 Å². The van der Waals surface area contributed by atoms with Crippen molar-refractivity contribution in [1.29, 1.82) is 0 Å². The van der Waals surface area contributed by atoms with Gasteiger partial charge in [-0.2, -0.15) is 0 Å². The molecule has 4 heteroatoms. The summed E-state index contributed by atoms with van der Waals surface area (Å²) in [6.07, 6.45) is 2.42. The molecule has 0 saturated carbocycles. The molecular weight excluding hydrogens is 418 g/mol. The van der Waals surface area contributed by atoms with Crippen molar-refractivity contribution in [2.75, 3.05) is 46.8 Å². The van der Waals surface area contributed by atoms with Gasteiger partial charge in [-0.15, -0.1) is 0 Å². The van der Waals surface area contributed by atoms with Gasteiger partial charge in [0.15, 0.2) is 0 Å². The molecule has 0 spiro atoms. The molecule has 0 atom stereocenters. The number of hydrogen-bond acceptors (Lipinski definition) is 4. The van der Waals surface area contributed by atoms with Crippen LogP contribution in [0.25, 0.3) is 0 Å². The summed E-state index contributed by atoms with van der Waals surface area (Å²) in [5.74, 6) is 1.43. The van der Waals surface area contributed by atoms with Crippen molar-refractivity contribution in [3.8, 4) is 5.75 Å². The van der Waals surface area contributed by atoms with E-state index in [9.17, 15) is 0 Å². The lowest BCUT2D eigenvalue weighted by Crippen LogP contribution is -2.40. The molecule has 1 fully saturated rings. The molecule has 4 nitrogen and oxygen atoms in total. The number of para-hydroxylation sites is 1.